The predicted molar refractivity (Wildman–Crippen MR) is 49.4 cm³/mol. The maximum Gasteiger partial charge on any atom is 0.332 e. The molecule has 5 nitrogen and oxygen atoms in total. The van der Waals surface area contributed by atoms with E-state index in [1.807, 2.05) is 0 Å². The lowest BCUT2D eigenvalue weighted by Gasteiger charge is -2.03. The van der Waals surface area contributed by atoms with Crippen molar-refractivity contribution < 1.29 is 24.1 Å². The summed E-state index contributed by atoms with van der Waals surface area (Å²) in [6.45, 7) is -0.268. The number of hydrogen-bond donors (Lipinski definition) is 1. The first-order valence-corrected chi connectivity index (χ1v) is 4.44. The Morgan fingerprint density at radius 3 is 3.00 bits per heavy atom. The molecular weight excluding hydrogens is 200 g/mol. The highest BCUT2D eigenvalue weighted by atomic mass is 16.7. The Balaban J connectivity index is 2.01. The van der Waals surface area contributed by atoms with E-state index in [0.717, 1.165) is 5.56 Å². The molecule has 1 aliphatic rings. The van der Waals surface area contributed by atoms with Gasteiger partial charge in [-0.1, -0.05) is 6.07 Å². The third kappa shape index (κ3) is 2.19. The number of ether oxygens (including phenoxy) is 3. The Kier molecular flexibility index (Phi) is 2.73. The molecule has 1 heterocycles. The molecule has 5 heteroatoms. The molecule has 0 saturated carbocycles. The molecule has 2 rings (SSSR count). The number of aliphatic hydroxyl groups excluding tert-OH is 1. The third-order valence-corrected chi connectivity index (χ3v) is 1.97. The molecule has 15 heavy (non-hydrogen) atoms. The van der Waals surface area contributed by atoms with Crippen molar-refractivity contribution in [3.63, 3.8) is 0 Å². The summed E-state index contributed by atoms with van der Waals surface area (Å²) in [4.78, 5) is 10.7. The average molecular weight is 210 g/mol. The van der Waals surface area contributed by atoms with Crippen LogP contribution in [0.15, 0.2) is 18.2 Å². The van der Waals surface area contributed by atoms with E-state index in [4.69, 9.17) is 19.3 Å². The molecule has 1 aromatic carbocycles. The molecule has 1 aromatic rings. The van der Waals surface area contributed by atoms with Crippen LogP contribution in [-0.4, -0.2) is 24.5 Å². The lowest BCUT2D eigenvalue weighted by molar-refractivity contribution is -0.148. The van der Waals surface area contributed by atoms with E-state index in [0.29, 0.717) is 11.5 Å². The van der Waals surface area contributed by atoms with Gasteiger partial charge in [-0.25, -0.2) is 4.79 Å². The monoisotopic (exact) mass is 210 g/mol. The Morgan fingerprint density at radius 2 is 2.20 bits per heavy atom. The SMILES string of the molecule is O=C(CO)OCc1ccc2c(c1)OCO2. The number of hydrogen-bond acceptors (Lipinski definition) is 5. The van der Waals surface area contributed by atoms with Gasteiger partial charge in [0.1, 0.15) is 13.2 Å². The zero-order valence-electron chi connectivity index (χ0n) is 7.93. The highest BCUT2D eigenvalue weighted by Crippen LogP contribution is 2.32. The van der Waals surface area contributed by atoms with Crippen LogP contribution < -0.4 is 9.47 Å². The number of fused-ring (bicyclic) bond motifs is 1. The van der Waals surface area contributed by atoms with Crippen molar-refractivity contribution in [2.45, 2.75) is 6.61 Å². The van der Waals surface area contributed by atoms with Crippen LogP contribution in [0.25, 0.3) is 0 Å². The molecule has 0 radical (unpaired) electrons. The van der Waals surface area contributed by atoms with Crippen molar-refractivity contribution in [1.82, 2.24) is 0 Å². The Bertz CT molecular complexity index is 374. The highest BCUT2D eigenvalue weighted by Gasteiger charge is 2.13. The smallest absolute Gasteiger partial charge is 0.332 e. The van der Waals surface area contributed by atoms with Crippen LogP contribution in [0.4, 0.5) is 0 Å². The molecule has 0 bridgehead atoms. The predicted octanol–water partition coefficient (Wildman–Crippen LogP) is 0.451. The van der Waals surface area contributed by atoms with Crippen molar-refractivity contribution >= 4 is 5.97 Å². The normalized spacial score (nSPS) is 12.6. The molecule has 0 saturated heterocycles. The Labute approximate surface area is 86.2 Å². The maximum absolute atomic E-state index is 10.7. The third-order valence-electron chi connectivity index (χ3n) is 1.97. The van der Waals surface area contributed by atoms with Crippen LogP contribution in [0.1, 0.15) is 5.56 Å². The fourth-order valence-electron chi connectivity index (χ4n) is 1.24. The van der Waals surface area contributed by atoms with Crippen LogP contribution >= 0.6 is 0 Å². The number of carbonyl (C=O) groups excluding carboxylic acids is 1. The van der Waals surface area contributed by atoms with Crippen LogP contribution in [0.2, 0.25) is 0 Å². The maximum atomic E-state index is 10.7. The van der Waals surface area contributed by atoms with Gasteiger partial charge in [-0.05, 0) is 17.7 Å². The van der Waals surface area contributed by atoms with Gasteiger partial charge in [0.2, 0.25) is 6.79 Å². The van der Waals surface area contributed by atoms with E-state index in [-0.39, 0.29) is 13.4 Å². The summed E-state index contributed by atoms with van der Waals surface area (Å²) in [5.74, 6) is 0.687. The molecule has 0 amide bonds. The summed E-state index contributed by atoms with van der Waals surface area (Å²) in [6.07, 6.45) is 0. The highest BCUT2D eigenvalue weighted by molar-refractivity contribution is 5.70. The van der Waals surface area contributed by atoms with E-state index in [1.165, 1.54) is 0 Å². The van der Waals surface area contributed by atoms with Crippen LogP contribution in [0, 0.1) is 0 Å². The van der Waals surface area contributed by atoms with Gasteiger partial charge in [0.05, 0.1) is 0 Å². The zero-order valence-corrected chi connectivity index (χ0v) is 7.93. The summed E-state index contributed by atoms with van der Waals surface area (Å²) < 4.78 is 15.0. The molecule has 0 aromatic heterocycles. The van der Waals surface area contributed by atoms with Crippen molar-refractivity contribution in [3.8, 4) is 11.5 Å². The standard InChI is InChI=1S/C10H10O5/c11-4-10(12)13-5-7-1-2-8-9(3-7)15-6-14-8/h1-3,11H,4-6H2. The van der Waals surface area contributed by atoms with Crippen LogP contribution in [-0.2, 0) is 16.1 Å². The molecule has 0 spiro atoms. The molecule has 0 fully saturated rings. The minimum absolute atomic E-state index is 0.121. The second-order valence-electron chi connectivity index (χ2n) is 3.01. The molecule has 1 aliphatic heterocycles. The topological polar surface area (TPSA) is 65.0 Å². The average Bonchev–Trinajstić information content (AvgIpc) is 2.72. The first kappa shape index (κ1) is 9.79. The lowest BCUT2D eigenvalue weighted by atomic mass is 10.2. The van der Waals surface area contributed by atoms with E-state index >= 15 is 0 Å². The molecule has 0 atom stereocenters. The van der Waals surface area contributed by atoms with Crippen LogP contribution in [0.3, 0.4) is 0 Å². The van der Waals surface area contributed by atoms with Crippen molar-refractivity contribution in [2.24, 2.45) is 0 Å². The molecule has 0 aliphatic carbocycles. The molecular formula is C10H10O5. The number of carbonyl (C=O) groups is 1. The minimum atomic E-state index is -0.646. The van der Waals surface area contributed by atoms with Gasteiger partial charge in [-0.2, -0.15) is 0 Å². The van der Waals surface area contributed by atoms with Crippen molar-refractivity contribution in [2.75, 3.05) is 13.4 Å². The summed E-state index contributed by atoms with van der Waals surface area (Å²) in [6, 6.07) is 5.27. The van der Waals surface area contributed by atoms with Crippen molar-refractivity contribution in [3.05, 3.63) is 23.8 Å². The fourth-order valence-corrected chi connectivity index (χ4v) is 1.24. The quantitative estimate of drug-likeness (QED) is 0.734. The number of benzene rings is 1. The first-order chi connectivity index (χ1) is 7.29. The summed E-state index contributed by atoms with van der Waals surface area (Å²) >= 11 is 0. The largest absolute Gasteiger partial charge is 0.459 e. The van der Waals surface area contributed by atoms with Gasteiger partial charge in [0, 0.05) is 0 Å². The van der Waals surface area contributed by atoms with Crippen molar-refractivity contribution in [1.29, 1.82) is 0 Å². The lowest BCUT2D eigenvalue weighted by Crippen LogP contribution is -2.08. The van der Waals surface area contributed by atoms with E-state index in [9.17, 15) is 4.79 Å². The summed E-state index contributed by atoms with van der Waals surface area (Å²) in [5, 5.41) is 8.45. The van der Waals surface area contributed by atoms with E-state index < -0.39 is 12.6 Å². The Morgan fingerprint density at radius 1 is 1.40 bits per heavy atom. The number of rotatable bonds is 3. The number of esters is 1. The van der Waals surface area contributed by atoms with Gasteiger partial charge in [-0.15, -0.1) is 0 Å². The second-order valence-corrected chi connectivity index (χ2v) is 3.01. The van der Waals surface area contributed by atoms with Gasteiger partial charge >= 0.3 is 5.97 Å². The summed E-state index contributed by atoms with van der Waals surface area (Å²) in [5.41, 5.74) is 0.793. The van der Waals surface area contributed by atoms with E-state index in [2.05, 4.69) is 0 Å². The number of aliphatic hydroxyl groups is 1. The first-order valence-electron chi connectivity index (χ1n) is 4.44. The fraction of sp³-hybridized carbons (Fsp3) is 0.300. The minimum Gasteiger partial charge on any atom is -0.459 e. The van der Waals surface area contributed by atoms with Gasteiger partial charge in [0.25, 0.3) is 0 Å². The zero-order chi connectivity index (χ0) is 10.7. The van der Waals surface area contributed by atoms with E-state index in [1.54, 1.807) is 18.2 Å². The molecule has 1 N–H and O–H groups in total. The van der Waals surface area contributed by atoms with Gasteiger partial charge in [-0.3, -0.25) is 0 Å². The van der Waals surface area contributed by atoms with Gasteiger partial charge in [0.15, 0.2) is 11.5 Å². The van der Waals surface area contributed by atoms with Crippen LogP contribution in [0.5, 0.6) is 11.5 Å². The Hall–Kier alpha value is -1.75. The molecule has 80 valence electrons. The molecule has 0 unspecified atom stereocenters. The summed E-state index contributed by atoms with van der Waals surface area (Å²) in [7, 11) is 0. The van der Waals surface area contributed by atoms with Gasteiger partial charge < -0.3 is 19.3 Å². The second kappa shape index (κ2) is 4.18.